The second kappa shape index (κ2) is 4.37. The number of nitrogens with zero attached hydrogens (tertiary/aromatic N) is 1. The molecule has 0 amide bonds. The molecular weight excluding hydrogens is 232 g/mol. The summed E-state index contributed by atoms with van der Waals surface area (Å²) in [5.74, 6) is 2.13. The van der Waals surface area contributed by atoms with Crippen LogP contribution in [0.5, 0.6) is 0 Å². The monoisotopic (exact) mass is 250 g/mol. The predicted molar refractivity (Wildman–Crippen MR) is 61.3 cm³/mol. The van der Waals surface area contributed by atoms with Gasteiger partial charge in [0, 0.05) is 0 Å². The van der Waals surface area contributed by atoms with E-state index < -0.39 is 5.09 Å². The van der Waals surface area contributed by atoms with Crippen LogP contribution in [0, 0.1) is 27.9 Å². The van der Waals surface area contributed by atoms with Gasteiger partial charge in [-0.05, 0) is 56.3 Å². The van der Waals surface area contributed by atoms with Crippen molar-refractivity contribution in [3.63, 3.8) is 0 Å². The standard InChI is InChI=1S/C10H15NO3.ClH.H3N/c12-11(13)14-10-4-7-1-8(5-10)3-9(2-7)6-10;;/h7-9H,1-6H2;1H;1H3. The second-order valence-electron chi connectivity index (χ2n) is 5.42. The van der Waals surface area contributed by atoms with Crippen LogP contribution in [0.2, 0.25) is 0 Å². The molecule has 3 N–H and O–H groups in total. The molecule has 0 radical (unpaired) electrons. The van der Waals surface area contributed by atoms with E-state index in [2.05, 4.69) is 0 Å². The molecule has 0 aromatic carbocycles. The number of hydrogen-bond donors (Lipinski definition) is 1. The van der Waals surface area contributed by atoms with Gasteiger partial charge in [-0.3, -0.25) is 0 Å². The lowest BCUT2D eigenvalue weighted by Gasteiger charge is -2.54. The van der Waals surface area contributed by atoms with Gasteiger partial charge in [-0.15, -0.1) is 22.5 Å². The molecule has 0 atom stereocenters. The Kier molecular flexibility index (Phi) is 3.69. The van der Waals surface area contributed by atoms with E-state index in [-0.39, 0.29) is 24.2 Å². The summed E-state index contributed by atoms with van der Waals surface area (Å²) >= 11 is 0. The van der Waals surface area contributed by atoms with Crippen molar-refractivity contribution < 1.29 is 9.92 Å². The molecule has 4 aliphatic rings. The van der Waals surface area contributed by atoms with Crippen LogP contribution < -0.4 is 6.15 Å². The molecule has 4 bridgehead atoms. The van der Waals surface area contributed by atoms with Crippen molar-refractivity contribution in [1.29, 1.82) is 0 Å². The van der Waals surface area contributed by atoms with Gasteiger partial charge in [-0.25, -0.2) is 0 Å². The molecule has 4 aliphatic carbocycles. The molecule has 0 unspecified atom stereocenters. The maximum absolute atomic E-state index is 10.5. The highest BCUT2D eigenvalue weighted by Gasteiger charge is 2.53. The molecule has 0 aliphatic heterocycles. The summed E-state index contributed by atoms with van der Waals surface area (Å²) in [6, 6.07) is 0. The van der Waals surface area contributed by atoms with Gasteiger partial charge in [0.1, 0.15) is 5.60 Å². The van der Waals surface area contributed by atoms with Gasteiger partial charge in [0.25, 0.3) is 5.09 Å². The molecule has 0 heterocycles. The van der Waals surface area contributed by atoms with Crippen molar-refractivity contribution in [2.75, 3.05) is 0 Å². The average Bonchev–Trinajstić information content (AvgIpc) is 1.96. The van der Waals surface area contributed by atoms with Crippen LogP contribution in [-0.4, -0.2) is 10.7 Å². The Morgan fingerprint density at radius 1 is 1.06 bits per heavy atom. The van der Waals surface area contributed by atoms with Crippen LogP contribution >= 0.6 is 12.4 Å². The number of halogens is 1. The summed E-state index contributed by atoms with van der Waals surface area (Å²) in [5, 5.41) is 9.89. The maximum Gasteiger partial charge on any atom is 0.295 e. The van der Waals surface area contributed by atoms with Crippen molar-refractivity contribution in [2.24, 2.45) is 17.8 Å². The minimum atomic E-state index is -0.576. The normalized spacial score (nSPS) is 43.1. The summed E-state index contributed by atoms with van der Waals surface area (Å²) < 4.78 is 0. The number of hydrogen-bond acceptors (Lipinski definition) is 4. The Bertz CT molecular complexity index is 250. The third kappa shape index (κ3) is 2.11. The molecule has 0 spiro atoms. The summed E-state index contributed by atoms with van der Waals surface area (Å²) in [7, 11) is 0. The molecule has 4 rings (SSSR count). The second-order valence-corrected chi connectivity index (χ2v) is 5.42. The van der Waals surface area contributed by atoms with Crippen LogP contribution in [-0.2, 0) is 4.84 Å². The molecule has 6 heteroatoms. The fourth-order valence-electron chi connectivity index (χ4n) is 4.30. The fourth-order valence-corrected chi connectivity index (χ4v) is 4.30. The third-order valence-corrected chi connectivity index (χ3v) is 4.25. The van der Waals surface area contributed by atoms with E-state index in [1.165, 1.54) is 19.3 Å². The van der Waals surface area contributed by atoms with Crippen molar-refractivity contribution in [2.45, 2.75) is 44.1 Å². The average molecular weight is 251 g/mol. The van der Waals surface area contributed by atoms with E-state index in [0.717, 1.165) is 19.3 Å². The molecule has 94 valence electrons. The quantitative estimate of drug-likeness (QED) is 0.603. The smallest absolute Gasteiger partial charge is 0.295 e. The van der Waals surface area contributed by atoms with E-state index in [0.29, 0.717) is 17.8 Å². The SMILES string of the molecule is Cl.N.O=[N+]([O-])OC12CC3CC(CC(C3)C1)C2. The highest BCUT2D eigenvalue weighted by atomic mass is 35.5. The van der Waals surface area contributed by atoms with Crippen LogP contribution in [0.1, 0.15) is 38.5 Å². The zero-order chi connectivity index (χ0) is 9.76. The van der Waals surface area contributed by atoms with Crippen LogP contribution in [0.15, 0.2) is 0 Å². The predicted octanol–water partition coefficient (Wildman–Crippen LogP) is 2.75. The minimum absolute atomic E-state index is 0. The lowest BCUT2D eigenvalue weighted by molar-refractivity contribution is -0.785. The zero-order valence-corrected chi connectivity index (χ0v) is 10.1. The first-order valence-corrected chi connectivity index (χ1v) is 5.49. The Labute approximate surface area is 101 Å². The Morgan fingerprint density at radius 3 is 1.75 bits per heavy atom. The van der Waals surface area contributed by atoms with E-state index in [1.54, 1.807) is 0 Å². The largest absolute Gasteiger partial charge is 0.344 e. The number of rotatable bonds is 2. The van der Waals surface area contributed by atoms with Gasteiger partial charge >= 0.3 is 0 Å². The van der Waals surface area contributed by atoms with Gasteiger partial charge in [0.2, 0.25) is 0 Å². The Balaban J connectivity index is 0.000000640. The van der Waals surface area contributed by atoms with Gasteiger partial charge in [-0.1, -0.05) is 0 Å². The Hall–Kier alpha value is -0.550. The molecule has 4 saturated carbocycles. The van der Waals surface area contributed by atoms with E-state index >= 15 is 0 Å². The topological polar surface area (TPSA) is 87.4 Å². The first-order chi connectivity index (χ1) is 6.65. The summed E-state index contributed by atoms with van der Waals surface area (Å²) in [4.78, 5) is 15.4. The molecule has 16 heavy (non-hydrogen) atoms. The van der Waals surface area contributed by atoms with Crippen molar-refractivity contribution in [1.82, 2.24) is 6.15 Å². The highest BCUT2D eigenvalue weighted by molar-refractivity contribution is 5.85. The molecule has 0 saturated heterocycles. The lowest BCUT2D eigenvalue weighted by atomic mass is 9.54. The van der Waals surface area contributed by atoms with Gasteiger partial charge in [-0.2, -0.15) is 0 Å². The van der Waals surface area contributed by atoms with Crippen LogP contribution in [0.3, 0.4) is 0 Å². The van der Waals surface area contributed by atoms with Crippen molar-refractivity contribution in [3.05, 3.63) is 10.1 Å². The summed E-state index contributed by atoms with van der Waals surface area (Å²) in [6.07, 6.45) is 6.67. The first-order valence-electron chi connectivity index (χ1n) is 5.49. The van der Waals surface area contributed by atoms with Gasteiger partial charge in [0.05, 0.1) is 0 Å². The minimum Gasteiger partial charge on any atom is -0.344 e. The molecule has 4 fully saturated rings. The summed E-state index contributed by atoms with van der Waals surface area (Å²) in [6.45, 7) is 0. The first kappa shape index (κ1) is 13.5. The molecular formula is C10H19ClN2O3. The maximum atomic E-state index is 10.5. The third-order valence-electron chi connectivity index (χ3n) is 4.25. The lowest BCUT2D eigenvalue weighted by Crippen LogP contribution is -2.52. The molecule has 5 nitrogen and oxygen atoms in total. The van der Waals surface area contributed by atoms with E-state index in [4.69, 9.17) is 4.84 Å². The fraction of sp³-hybridized carbons (Fsp3) is 1.00. The summed E-state index contributed by atoms with van der Waals surface area (Å²) in [5.41, 5.74) is -0.377. The molecule has 0 aromatic heterocycles. The Morgan fingerprint density at radius 2 is 1.44 bits per heavy atom. The van der Waals surface area contributed by atoms with Crippen LogP contribution in [0.4, 0.5) is 0 Å². The van der Waals surface area contributed by atoms with E-state index in [9.17, 15) is 10.1 Å². The van der Waals surface area contributed by atoms with Gasteiger partial charge in [0.15, 0.2) is 0 Å². The zero-order valence-electron chi connectivity index (χ0n) is 9.26. The van der Waals surface area contributed by atoms with E-state index in [1.807, 2.05) is 0 Å². The highest BCUT2D eigenvalue weighted by Crippen LogP contribution is 2.57. The van der Waals surface area contributed by atoms with Crippen molar-refractivity contribution in [3.8, 4) is 0 Å². The molecule has 0 aromatic rings. The van der Waals surface area contributed by atoms with Crippen molar-refractivity contribution >= 4 is 12.4 Å². The van der Waals surface area contributed by atoms with Crippen LogP contribution in [0.25, 0.3) is 0 Å². The van der Waals surface area contributed by atoms with Gasteiger partial charge < -0.3 is 11.0 Å².